The highest BCUT2D eigenvalue weighted by molar-refractivity contribution is 7.19. The van der Waals surface area contributed by atoms with Crippen LogP contribution in [0.2, 0.25) is 0 Å². The molecule has 0 atom stereocenters. The zero-order valence-corrected chi connectivity index (χ0v) is 13.3. The summed E-state index contributed by atoms with van der Waals surface area (Å²) in [5.74, 6) is 1.45. The van der Waals surface area contributed by atoms with Gasteiger partial charge in [0.2, 0.25) is 0 Å². The summed E-state index contributed by atoms with van der Waals surface area (Å²) < 4.78 is 5.87. The molecule has 2 aliphatic rings. The second-order valence-electron chi connectivity index (χ2n) is 6.23. The molecule has 0 radical (unpaired) electrons. The molecule has 1 fully saturated rings. The fourth-order valence-electron chi connectivity index (χ4n) is 3.87. The fraction of sp³-hybridized carbons (Fsp3) is 0.625. The molecule has 0 spiro atoms. The van der Waals surface area contributed by atoms with Crippen molar-refractivity contribution in [2.75, 3.05) is 12.8 Å². The second-order valence-corrected chi connectivity index (χ2v) is 7.31. The highest BCUT2D eigenvalue weighted by Crippen LogP contribution is 2.43. The van der Waals surface area contributed by atoms with Crippen molar-refractivity contribution in [1.29, 1.82) is 0 Å². The first-order valence-electron chi connectivity index (χ1n) is 7.87. The smallest absolute Gasteiger partial charge is 0.164 e. The number of nitrogen functional groups attached to an aromatic ring is 1. The Labute approximate surface area is 128 Å². The third kappa shape index (κ3) is 1.98. The van der Waals surface area contributed by atoms with Gasteiger partial charge in [0.25, 0.3) is 0 Å². The van der Waals surface area contributed by atoms with Crippen LogP contribution in [0.15, 0.2) is 0 Å². The number of fused-ring (bicyclic) bond motifs is 3. The van der Waals surface area contributed by atoms with Gasteiger partial charge in [-0.3, -0.25) is 0 Å². The first kappa shape index (κ1) is 13.5. The molecule has 2 aromatic heterocycles. The first-order valence-corrected chi connectivity index (χ1v) is 8.68. The number of anilines is 1. The molecule has 4 rings (SSSR count). The molecule has 0 aliphatic heterocycles. The van der Waals surface area contributed by atoms with Crippen molar-refractivity contribution >= 4 is 27.4 Å². The first-order chi connectivity index (χ1) is 10.2. The summed E-state index contributed by atoms with van der Waals surface area (Å²) in [7, 11) is 1.78. The van der Waals surface area contributed by atoms with Crippen molar-refractivity contribution in [3.8, 4) is 0 Å². The number of thiophene rings is 1. The number of hydrogen-bond acceptors (Lipinski definition) is 5. The molecule has 2 heterocycles. The molecular formula is C16H21N3OS. The Balaban J connectivity index is 1.86. The maximum absolute atomic E-state index is 6.29. The van der Waals surface area contributed by atoms with E-state index in [0.717, 1.165) is 35.3 Å². The van der Waals surface area contributed by atoms with Crippen LogP contribution in [0.1, 0.15) is 54.8 Å². The minimum absolute atomic E-state index is 0.324. The lowest BCUT2D eigenvalue weighted by Gasteiger charge is -2.34. The van der Waals surface area contributed by atoms with Gasteiger partial charge in [0.15, 0.2) is 5.82 Å². The van der Waals surface area contributed by atoms with Crippen molar-refractivity contribution in [2.24, 2.45) is 0 Å². The molecule has 112 valence electrons. The molecule has 0 bridgehead atoms. The Kier molecular flexibility index (Phi) is 3.15. The lowest BCUT2D eigenvalue weighted by atomic mass is 9.84. The standard InChI is InChI=1S/C16H21N3OS/c1-20-16(8-3-2-4-9-16)15-18-13(17)12-10-6-5-7-11(10)21-14(12)19-15/h2-9H2,1H3,(H2,17,18,19). The van der Waals surface area contributed by atoms with Crippen molar-refractivity contribution in [1.82, 2.24) is 9.97 Å². The van der Waals surface area contributed by atoms with Gasteiger partial charge >= 0.3 is 0 Å². The summed E-state index contributed by atoms with van der Waals surface area (Å²) in [4.78, 5) is 12.1. The molecule has 2 aromatic rings. The third-order valence-electron chi connectivity index (χ3n) is 5.05. The summed E-state index contributed by atoms with van der Waals surface area (Å²) in [5, 5.41) is 1.11. The van der Waals surface area contributed by atoms with E-state index in [2.05, 4.69) is 4.98 Å². The number of aromatic nitrogens is 2. The molecule has 0 aromatic carbocycles. The fourth-order valence-corrected chi connectivity index (χ4v) is 5.14. The van der Waals surface area contributed by atoms with E-state index >= 15 is 0 Å². The van der Waals surface area contributed by atoms with Gasteiger partial charge in [-0.15, -0.1) is 11.3 Å². The normalized spacial score (nSPS) is 20.8. The lowest BCUT2D eigenvalue weighted by Crippen LogP contribution is -2.33. The van der Waals surface area contributed by atoms with Crippen LogP contribution >= 0.6 is 11.3 Å². The lowest BCUT2D eigenvalue weighted by molar-refractivity contribution is -0.0511. The number of rotatable bonds is 2. The van der Waals surface area contributed by atoms with Gasteiger partial charge in [-0.1, -0.05) is 19.3 Å². The Morgan fingerprint density at radius 2 is 1.90 bits per heavy atom. The third-order valence-corrected chi connectivity index (χ3v) is 6.24. The van der Waals surface area contributed by atoms with Crippen LogP contribution in [0.5, 0.6) is 0 Å². The second kappa shape index (κ2) is 4.92. The summed E-state index contributed by atoms with van der Waals surface area (Å²) in [6.07, 6.45) is 9.15. The predicted molar refractivity (Wildman–Crippen MR) is 85.6 cm³/mol. The molecule has 5 heteroatoms. The van der Waals surface area contributed by atoms with E-state index in [1.165, 1.54) is 42.5 Å². The van der Waals surface area contributed by atoms with Crippen LogP contribution in [0.25, 0.3) is 10.2 Å². The predicted octanol–water partition coefficient (Wildman–Crippen LogP) is 3.57. The van der Waals surface area contributed by atoms with Crippen LogP contribution in [0.3, 0.4) is 0 Å². The zero-order chi connectivity index (χ0) is 14.4. The Morgan fingerprint density at radius 1 is 1.10 bits per heavy atom. The van der Waals surface area contributed by atoms with Crippen molar-refractivity contribution < 1.29 is 4.74 Å². The van der Waals surface area contributed by atoms with Crippen molar-refractivity contribution in [3.05, 3.63) is 16.3 Å². The Bertz CT molecular complexity index is 688. The summed E-state index contributed by atoms with van der Waals surface area (Å²) in [5.41, 5.74) is 7.37. The van der Waals surface area contributed by atoms with E-state index < -0.39 is 0 Å². The van der Waals surface area contributed by atoms with E-state index in [1.807, 2.05) is 0 Å². The Hall–Kier alpha value is -1.20. The maximum Gasteiger partial charge on any atom is 0.164 e. The highest BCUT2D eigenvalue weighted by atomic mass is 32.1. The Morgan fingerprint density at radius 3 is 2.67 bits per heavy atom. The minimum atomic E-state index is -0.324. The summed E-state index contributed by atoms with van der Waals surface area (Å²) in [6.45, 7) is 0. The van der Waals surface area contributed by atoms with E-state index in [-0.39, 0.29) is 5.60 Å². The summed E-state index contributed by atoms with van der Waals surface area (Å²) in [6, 6.07) is 0. The van der Waals surface area contributed by atoms with E-state index in [9.17, 15) is 0 Å². The molecule has 0 saturated heterocycles. The largest absolute Gasteiger partial charge is 0.383 e. The zero-order valence-electron chi connectivity index (χ0n) is 12.4. The molecule has 2 aliphatic carbocycles. The number of nitrogens with zero attached hydrogens (tertiary/aromatic N) is 2. The molecule has 0 amide bonds. The molecule has 4 nitrogen and oxygen atoms in total. The van der Waals surface area contributed by atoms with Gasteiger partial charge in [0.1, 0.15) is 16.2 Å². The quantitative estimate of drug-likeness (QED) is 0.921. The van der Waals surface area contributed by atoms with Gasteiger partial charge in [-0.05, 0) is 37.7 Å². The van der Waals surface area contributed by atoms with E-state index in [0.29, 0.717) is 5.82 Å². The van der Waals surface area contributed by atoms with Gasteiger partial charge in [0.05, 0.1) is 5.39 Å². The number of nitrogens with two attached hydrogens (primary N) is 1. The average Bonchev–Trinajstić information content (AvgIpc) is 3.08. The maximum atomic E-state index is 6.29. The number of ether oxygens (including phenoxy) is 1. The van der Waals surface area contributed by atoms with Gasteiger partial charge in [0, 0.05) is 12.0 Å². The van der Waals surface area contributed by atoms with Crippen LogP contribution < -0.4 is 5.73 Å². The molecular weight excluding hydrogens is 282 g/mol. The van der Waals surface area contributed by atoms with E-state index in [4.69, 9.17) is 15.5 Å². The van der Waals surface area contributed by atoms with Crippen molar-refractivity contribution in [3.63, 3.8) is 0 Å². The van der Waals surface area contributed by atoms with Gasteiger partial charge < -0.3 is 10.5 Å². The van der Waals surface area contributed by atoms with Crippen LogP contribution in [0.4, 0.5) is 5.82 Å². The molecule has 2 N–H and O–H groups in total. The molecule has 0 unspecified atom stereocenters. The minimum Gasteiger partial charge on any atom is -0.383 e. The van der Waals surface area contributed by atoms with Gasteiger partial charge in [-0.2, -0.15) is 0 Å². The number of aryl methyl sites for hydroxylation is 2. The SMILES string of the molecule is COC1(c2nc(N)c3c4c(sc3n2)CCC4)CCCCC1. The summed E-state index contributed by atoms with van der Waals surface area (Å²) >= 11 is 1.80. The monoisotopic (exact) mass is 303 g/mol. The number of methoxy groups -OCH3 is 1. The van der Waals surface area contributed by atoms with Crippen LogP contribution in [-0.4, -0.2) is 17.1 Å². The van der Waals surface area contributed by atoms with Crippen LogP contribution in [-0.2, 0) is 23.2 Å². The van der Waals surface area contributed by atoms with E-state index in [1.54, 1.807) is 18.4 Å². The van der Waals surface area contributed by atoms with Gasteiger partial charge in [-0.25, -0.2) is 9.97 Å². The van der Waals surface area contributed by atoms with Crippen molar-refractivity contribution in [2.45, 2.75) is 57.0 Å². The molecule has 1 saturated carbocycles. The molecule has 21 heavy (non-hydrogen) atoms. The topological polar surface area (TPSA) is 61.0 Å². The highest BCUT2D eigenvalue weighted by Gasteiger charge is 2.37. The average molecular weight is 303 g/mol. The number of hydrogen-bond donors (Lipinski definition) is 1. The van der Waals surface area contributed by atoms with Crippen LogP contribution in [0, 0.1) is 0 Å².